The predicted octanol–water partition coefficient (Wildman–Crippen LogP) is 3.93. The molecule has 24 heavy (non-hydrogen) atoms. The molecule has 0 aromatic heterocycles. The van der Waals surface area contributed by atoms with Crippen molar-refractivity contribution in [2.45, 2.75) is 24.3 Å². The number of sulfonamides is 1. The van der Waals surface area contributed by atoms with Crippen molar-refractivity contribution in [1.82, 2.24) is 4.72 Å². The fourth-order valence-electron chi connectivity index (χ4n) is 2.09. The molecule has 1 atom stereocenters. The Morgan fingerprint density at radius 1 is 1.21 bits per heavy atom. The van der Waals surface area contributed by atoms with Crippen LogP contribution in [0, 0.1) is 5.82 Å². The molecule has 2 rings (SSSR count). The van der Waals surface area contributed by atoms with E-state index in [1.165, 1.54) is 6.07 Å². The summed E-state index contributed by atoms with van der Waals surface area (Å²) in [6, 6.07) is 13.1. The minimum absolute atomic E-state index is 0.0567. The average molecular weight is 372 g/mol. The monoisotopic (exact) mass is 371 g/mol. The molecule has 0 spiro atoms. The van der Waals surface area contributed by atoms with Crippen molar-refractivity contribution in [2.75, 3.05) is 13.2 Å². The molecule has 0 aliphatic rings. The molecule has 7 heteroatoms. The van der Waals surface area contributed by atoms with Crippen LogP contribution in [0.15, 0.2) is 53.4 Å². The zero-order chi connectivity index (χ0) is 17.6. The zero-order valence-electron chi connectivity index (χ0n) is 13.2. The highest BCUT2D eigenvalue weighted by Crippen LogP contribution is 2.19. The van der Waals surface area contributed by atoms with Crippen LogP contribution in [0.3, 0.4) is 0 Å². The first kappa shape index (κ1) is 18.9. The van der Waals surface area contributed by atoms with E-state index in [2.05, 4.69) is 4.72 Å². The maximum atomic E-state index is 13.1. The normalized spacial score (nSPS) is 13.0. The van der Waals surface area contributed by atoms with E-state index in [4.69, 9.17) is 16.3 Å². The molecule has 0 fully saturated rings. The van der Waals surface area contributed by atoms with E-state index in [9.17, 15) is 12.8 Å². The van der Waals surface area contributed by atoms with Crippen LogP contribution in [0.1, 0.15) is 25.0 Å². The van der Waals surface area contributed by atoms with Crippen molar-refractivity contribution in [3.63, 3.8) is 0 Å². The summed E-state index contributed by atoms with van der Waals surface area (Å²) in [5, 5.41) is -0.224. The molecule has 130 valence electrons. The summed E-state index contributed by atoms with van der Waals surface area (Å²) in [5.74, 6) is -0.654. The van der Waals surface area contributed by atoms with Gasteiger partial charge in [0.25, 0.3) is 0 Å². The standard InChI is InChI=1S/C17H19ClFNO3S/c1-13(14-6-3-2-4-7-14)23-11-5-10-20-24(21,22)15-8-9-17(19)16(18)12-15/h2-4,6-9,12-13,20H,5,10-11H2,1H3. The highest BCUT2D eigenvalue weighted by atomic mass is 35.5. The average Bonchev–Trinajstić information content (AvgIpc) is 2.57. The summed E-state index contributed by atoms with van der Waals surface area (Å²) in [4.78, 5) is -0.0625. The predicted molar refractivity (Wildman–Crippen MR) is 92.0 cm³/mol. The summed E-state index contributed by atoms with van der Waals surface area (Å²) in [5.41, 5.74) is 1.07. The van der Waals surface area contributed by atoms with Crippen LogP contribution in [-0.2, 0) is 14.8 Å². The van der Waals surface area contributed by atoms with E-state index in [1.54, 1.807) is 0 Å². The summed E-state index contributed by atoms with van der Waals surface area (Å²) >= 11 is 5.61. The molecule has 2 aromatic rings. The summed E-state index contributed by atoms with van der Waals surface area (Å²) in [6.07, 6.45) is 0.462. The number of halogens is 2. The number of nitrogens with one attached hydrogen (secondary N) is 1. The Morgan fingerprint density at radius 2 is 1.92 bits per heavy atom. The first-order valence-electron chi connectivity index (χ1n) is 7.51. The number of rotatable bonds is 8. The Morgan fingerprint density at radius 3 is 2.58 bits per heavy atom. The van der Waals surface area contributed by atoms with Crippen LogP contribution in [0.5, 0.6) is 0 Å². The molecule has 0 bridgehead atoms. The number of benzene rings is 2. The van der Waals surface area contributed by atoms with Crippen LogP contribution in [0.25, 0.3) is 0 Å². The second-order valence-electron chi connectivity index (χ2n) is 5.25. The second-order valence-corrected chi connectivity index (χ2v) is 7.43. The molecule has 0 radical (unpaired) electrons. The lowest BCUT2D eigenvalue weighted by molar-refractivity contribution is 0.0647. The maximum absolute atomic E-state index is 13.1. The van der Waals surface area contributed by atoms with Gasteiger partial charge in [-0.3, -0.25) is 0 Å². The molecule has 4 nitrogen and oxygen atoms in total. The molecular formula is C17H19ClFNO3S. The van der Waals surface area contributed by atoms with Crippen molar-refractivity contribution < 1.29 is 17.5 Å². The highest BCUT2D eigenvalue weighted by molar-refractivity contribution is 7.89. The number of hydrogen-bond donors (Lipinski definition) is 1. The van der Waals surface area contributed by atoms with E-state index < -0.39 is 15.8 Å². The largest absolute Gasteiger partial charge is 0.374 e. The van der Waals surface area contributed by atoms with Gasteiger partial charge in [0.1, 0.15) is 5.82 Å². The van der Waals surface area contributed by atoms with Gasteiger partial charge in [-0.05, 0) is 37.1 Å². The Kier molecular flexibility index (Phi) is 6.74. The van der Waals surface area contributed by atoms with Gasteiger partial charge in [0, 0.05) is 13.2 Å². The fourth-order valence-corrected chi connectivity index (χ4v) is 3.43. The Balaban J connectivity index is 1.78. The SMILES string of the molecule is CC(OCCCNS(=O)(=O)c1ccc(F)c(Cl)c1)c1ccccc1. The maximum Gasteiger partial charge on any atom is 0.240 e. The Labute approximate surface area is 146 Å². The van der Waals surface area contributed by atoms with Crippen LogP contribution in [0.2, 0.25) is 5.02 Å². The molecule has 0 saturated heterocycles. The van der Waals surface area contributed by atoms with Gasteiger partial charge >= 0.3 is 0 Å². The molecule has 2 aromatic carbocycles. The van der Waals surface area contributed by atoms with Crippen LogP contribution in [0.4, 0.5) is 4.39 Å². The van der Waals surface area contributed by atoms with Gasteiger partial charge in [-0.15, -0.1) is 0 Å². The van der Waals surface area contributed by atoms with Crippen LogP contribution >= 0.6 is 11.6 Å². The third kappa shape index (κ3) is 5.27. The van der Waals surface area contributed by atoms with Gasteiger partial charge in [0.05, 0.1) is 16.0 Å². The van der Waals surface area contributed by atoms with Crippen molar-refractivity contribution in [3.8, 4) is 0 Å². The lowest BCUT2D eigenvalue weighted by Gasteiger charge is -2.13. The minimum atomic E-state index is -3.71. The van der Waals surface area contributed by atoms with E-state index in [0.29, 0.717) is 13.0 Å². The minimum Gasteiger partial charge on any atom is -0.374 e. The van der Waals surface area contributed by atoms with Gasteiger partial charge in [-0.25, -0.2) is 17.5 Å². The van der Waals surface area contributed by atoms with Gasteiger partial charge in [-0.1, -0.05) is 41.9 Å². The topological polar surface area (TPSA) is 55.4 Å². The third-order valence-corrected chi connectivity index (χ3v) is 5.20. The lowest BCUT2D eigenvalue weighted by atomic mass is 10.1. The van der Waals surface area contributed by atoms with E-state index in [-0.39, 0.29) is 22.6 Å². The van der Waals surface area contributed by atoms with E-state index in [1.807, 2.05) is 37.3 Å². The molecule has 0 heterocycles. The van der Waals surface area contributed by atoms with Crippen LogP contribution in [-0.4, -0.2) is 21.6 Å². The summed E-state index contributed by atoms with van der Waals surface area (Å²) in [6.45, 7) is 2.58. The number of ether oxygens (including phenoxy) is 1. The van der Waals surface area contributed by atoms with Gasteiger partial charge in [0.2, 0.25) is 10.0 Å². The molecule has 1 unspecified atom stereocenters. The second kappa shape index (κ2) is 8.58. The molecule has 0 aliphatic carbocycles. The smallest absolute Gasteiger partial charge is 0.240 e. The van der Waals surface area contributed by atoms with Crippen LogP contribution < -0.4 is 4.72 Å². The van der Waals surface area contributed by atoms with Crippen molar-refractivity contribution in [2.24, 2.45) is 0 Å². The molecule has 0 aliphatic heterocycles. The Hall–Kier alpha value is -1.47. The quantitative estimate of drug-likeness (QED) is 0.715. The third-order valence-electron chi connectivity index (χ3n) is 3.45. The van der Waals surface area contributed by atoms with Gasteiger partial charge in [0.15, 0.2) is 0 Å². The Bertz CT molecular complexity index is 769. The summed E-state index contributed by atoms with van der Waals surface area (Å²) in [7, 11) is -3.71. The highest BCUT2D eigenvalue weighted by Gasteiger charge is 2.15. The fraction of sp³-hybridized carbons (Fsp3) is 0.294. The van der Waals surface area contributed by atoms with E-state index in [0.717, 1.165) is 17.7 Å². The molecular weight excluding hydrogens is 353 g/mol. The van der Waals surface area contributed by atoms with Crippen molar-refractivity contribution in [3.05, 3.63) is 64.9 Å². The first-order valence-corrected chi connectivity index (χ1v) is 9.37. The first-order chi connectivity index (χ1) is 11.4. The van der Waals surface area contributed by atoms with E-state index >= 15 is 0 Å². The van der Waals surface area contributed by atoms with Gasteiger partial charge in [-0.2, -0.15) is 0 Å². The lowest BCUT2D eigenvalue weighted by Crippen LogP contribution is -2.25. The molecule has 1 N–H and O–H groups in total. The van der Waals surface area contributed by atoms with Crippen molar-refractivity contribution in [1.29, 1.82) is 0 Å². The molecule has 0 amide bonds. The van der Waals surface area contributed by atoms with Crippen molar-refractivity contribution >= 4 is 21.6 Å². The number of hydrogen-bond acceptors (Lipinski definition) is 3. The van der Waals surface area contributed by atoms with Gasteiger partial charge < -0.3 is 4.74 Å². The summed E-state index contributed by atoms with van der Waals surface area (Å²) < 4.78 is 45.4. The molecule has 0 saturated carbocycles. The zero-order valence-corrected chi connectivity index (χ0v) is 14.8.